The second-order valence-electron chi connectivity index (χ2n) is 6.02. The van der Waals surface area contributed by atoms with Gasteiger partial charge in [0.2, 0.25) is 0 Å². The zero-order valence-electron chi connectivity index (χ0n) is 13.4. The maximum Gasteiger partial charge on any atom is 0.264 e. The van der Waals surface area contributed by atoms with Gasteiger partial charge in [-0.3, -0.25) is 10.0 Å². The molecule has 132 valence electrons. The number of carbonyl (C=O) groups is 1. The first-order chi connectivity index (χ1) is 11.9. The third kappa shape index (κ3) is 3.57. The van der Waals surface area contributed by atoms with Crippen LogP contribution < -0.4 is 0 Å². The number of rotatable bonds is 3. The number of amides is 1. The first-order valence-electron chi connectivity index (χ1n) is 8.00. The van der Waals surface area contributed by atoms with Crippen molar-refractivity contribution in [3.63, 3.8) is 0 Å². The Balaban J connectivity index is 1.90. The Kier molecular flexibility index (Phi) is 4.87. The van der Waals surface area contributed by atoms with E-state index in [2.05, 4.69) is 0 Å². The van der Waals surface area contributed by atoms with Gasteiger partial charge in [-0.05, 0) is 54.7 Å². The first kappa shape index (κ1) is 17.6. The molecule has 1 unspecified atom stereocenters. The molecule has 1 heterocycles. The van der Waals surface area contributed by atoms with E-state index < -0.39 is 21.0 Å². The SMILES string of the molecule is O=C1C(S(=O)(=O)c2ccc(-c3ccc(F)cc3)cc2)CCCCN1O. The molecule has 1 fully saturated rings. The average Bonchev–Trinajstić information content (AvgIpc) is 2.78. The summed E-state index contributed by atoms with van der Waals surface area (Å²) in [5.74, 6) is -1.12. The monoisotopic (exact) mass is 363 g/mol. The molecule has 7 heteroatoms. The van der Waals surface area contributed by atoms with Crippen LogP contribution in [0.15, 0.2) is 53.4 Å². The number of nitrogens with zero attached hydrogens (tertiary/aromatic N) is 1. The van der Waals surface area contributed by atoms with Crippen LogP contribution in [0.25, 0.3) is 11.1 Å². The summed E-state index contributed by atoms with van der Waals surface area (Å²) in [6, 6.07) is 12.0. The number of sulfone groups is 1. The molecule has 1 saturated heterocycles. The molecule has 1 amide bonds. The fourth-order valence-corrected chi connectivity index (χ4v) is 4.63. The lowest BCUT2D eigenvalue weighted by Crippen LogP contribution is -2.39. The van der Waals surface area contributed by atoms with Crippen LogP contribution in [-0.2, 0) is 14.6 Å². The Labute approximate surface area is 145 Å². The van der Waals surface area contributed by atoms with E-state index in [1.165, 1.54) is 24.3 Å². The number of carbonyl (C=O) groups excluding carboxylic acids is 1. The summed E-state index contributed by atoms with van der Waals surface area (Å²) >= 11 is 0. The molecule has 1 N–H and O–H groups in total. The van der Waals surface area contributed by atoms with Crippen molar-refractivity contribution in [3.8, 4) is 11.1 Å². The lowest BCUT2D eigenvalue weighted by Gasteiger charge is -2.18. The van der Waals surface area contributed by atoms with Crippen molar-refractivity contribution in [2.24, 2.45) is 0 Å². The molecule has 0 spiro atoms. The fourth-order valence-electron chi connectivity index (χ4n) is 2.92. The Morgan fingerprint density at radius 2 is 1.52 bits per heavy atom. The highest BCUT2D eigenvalue weighted by atomic mass is 32.2. The van der Waals surface area contributed by atoms with E-state index in [-0.39, 0.29) is 23.7 Å². The van der Waals surface area contributed by atoms with Gasteiger partial charge in [0.1, 0.15) is 11.1 Å². The van der Waals surface area contributed by atoms with Gasteiger partial charge in [-0.15, -0.1) is 0 Å². The van der Waals surface area contributed by atoms with Crippen molar-refractivity contribution < 1.29 is 22.8 Å². The smallest absolute Gasteiger partial charge is 0.264 e. The molecule has 2 aromatic rings. The van der Waals surface area contributed by atoms with Gasteiger partial charge in [0.15, 0.2) is 9.84 Å². The van der Waals surface area contributed by atoms with Crippen molar-refractivity contribution in [3.05, 3.63) is 54.3 Å². The average molecular weight is 363 g/mol. The third-order valence-corrected chi connectivity index (χ3v) is 6.47. The van der Waals surface area contributed by atoms with Crippen molar-refractivity contribution in [2.45, 2.75) is 29.4 Å². The molecule has 0 bridgehead atoms. The first-order valence-corrected chi connectivity index (χ1v) is 9.54. The summed E-state index contributed by atoms with van der Waals surface area (Å²) < 4.78 is 38.6. The Bertz CT molecular complexity index is 863. The van der Waals surface area contributed by atoms with Crippen LogP contribution >= 0.6 is 0 Å². The molecular formula is C18H18FNO4S. The molecular weight excluding hydrogens is 345 g/mol. The summed E-state index contributed by atoms with van der Waals surface area (Å²) in [4.78, 5) is 12.2. The van der Waals surface area contributed by atoms with Gasteiger partial charge >= 0.3 is 0 Å². The lowest BCUT2D eigenvalue weighted by molar-refractivity contribution is -0.163. The van der Waals surface area contributed by atoms with Crippen LogP contribution in [0.4, 0.5) is 4.39 Å². The summed E-state index contributed by atoms with van der Waals surface area (Å²) in [6.45, 7) is 0.147. The molecule has 1 atom stereocenters. The predicted molar refractivity (Wildman–Crippen MR) is 90.2 cm³/mol. The second kappa shape index (κ2) is 6.93. The zero-order chi connectivity index (χ0) is 18.0. The van der Waals surface area contributed by atoms with E-state index in [9.17, 15) is 22.8 Å². The number of benzene rings is 2. The van der Waals surface area contributed by atoms with E-state index >= 15 is 0 Å². The van der Waals surface area contributed by atoms with Gasteiger partial charge < -0.3 is 0 Å². The van der Waals surface area contributed by atoms with Crippen molar-refractivity contribution in [1.82, 2.24) is 5.06 Å². The van der Waals surface area contributed by atoms with Crippen molar-refractivity contribution in [2.75, 3.05) is 6.54 Å². The lowest BCUT2D eigenvalue weighted by atomic mass is 10.1. The molecule has 0 saturated carbocycles. The van der Waals surface area contributed by atoms with Gasteiger partial charge in [0.05, 0.1) is 4.90 Å². The minimum atomic E-state index is -3.88. The predicted octanol–water partition coefficient (Wildman–Crippen LogP) is 3.04. The Morgan fingerprint density at radius 1 is 0.960 bits per heavy atom. The van der Waals surface area contributed by atoms with Crippen LogP contribution in [0.1, 0.15) is 19.3 Å². The van der Waals surface area contributed by atoms with Gasteiger partial charge in [-0.25, -0.2) is 17.9 Å². The standard InChI is InChI=1S/C18H18FNO4S/c19-15-8-4-13(5-9-15)14-6-10-16(11-7-14)25(23,24)17-3-1-2-12-20(22)18(17)21/h4-11,17,22H,1-3,12H2. The highest BCUT2D eigenvalue weighted by molar-refractivity contribution is 7.92. The van der Waals surface area contributed by atoms with Crippen LogP contribution in [-0.4, -0.2) is 36.4 Å². The van der Waals surface area contributed by atoms with E-state index in [0.717, 1.165) is 11.1 Å². The van der Waals surface area contributed by atoms with Crippen LogP contribution in [0.5, 0.6) is 0 Å². The molecule has 1 aliphatic heterocycles. The molecule has 0 aromatic heterocycles. The molecule has 0 radical (unpaired) electrons. The van der Waals surface area contributed by atoms with Gasteiger partial charge in [-0.1, -0.05) is 24.3 Å². The quantitative estimate of drug-likeness (QED) is 0.851. The molecule has 1 aliphatic rings. The van der Waals surface area contributed by atoms with Gasteiger partial charge in [0.25, 0.3) is 5.91 Å². The van der Waals surface area contributed by atoms with E-state index in [1.54, 1.807) is 24.3 Å². The van der Waals surface area contributed by atoms with E-state index in [0.29, 0.717) is 17.9 Å². The molecule has 3 rings (SSSR count). The molecule has 0 aliphatic carbocycles. The summed E-state index contributed by atoms with van der Waals surface area (Å²) in [5.41, 5.74) is 1.51. The topological polar surface area (TPSA) is 74.7 Å². The maximum absolute atomic E-state index is 13.0. The van der Waals surface area contributed by atoms with E-state index in [1.807, 2.05) is 0 Å². The number of hydrogen-bond acceptors (Lipinski definition) is 4. The van der Waals surface area contributed by atoms with Gasteiger partial charge in [-0.2, -0.15) is 0 Å². The number of hydrogen-bond donors (Lipinski definition) is 1. The zero-order valence-corrected chi connectivity index (χ0v) is 14.2. The number of halogens is 1. The number of hydroxylamine groups is 2. The van der Waals surface area contributed by atoms with Crippen molar-refractivity contribution in [1.29, 1.82) is 0 Å². The Morgan fingerprint density at radius 3 is 2.12 bits per heavy atom. The normalized spacial score (nSPS) is 18.9. The fraction of sp³-hybridized carbons (Fsp3) is 0.278. The molecule has 5 nitrogen and oxygen atoms in total. The van der Waals surface area contributed by atoms with Crippen LogP contribution in [0.2, 0.25) is 0 Å². The highest BCUT2D eigenvalue weighted by Gasteiger charge is 2.37. The van der Waals surface area contributed by atoms with Crippen molar-refractivity contribution >= 4 is 15.7 Å². The third-order valence-electron chi connectivity index (χ3n) is 4.35. The second-order valence-corrected chi connectivity index (χ2v) is 8.15. The van der Waals surface area contributed by atoms with Crippen LogP contribution in [0, 0.1) is 5.82 Å². The van der Waals surface area contributed by atoms with Gasteiger partial charge in [0, 0.05) is 6.54 Å². The summed E-state index contributed by atoms with van der Waals surface area (Å²) in [6.07, 6.45) is 1.32. The molecule has 2 aromatic carbocycles. The van der Waals surface area contributed by atoms with Crippen LogP contribution in [0.3, 0.4) is 0 Å². The minimum Gasteiger partial charge on any atom is -0.286 e. The van der Waals surface area contributed by atoms with E-state index in [4.69, 9.17) is 0 Å². The largest absolute Gasteiger partial charge is 0.286 e. The maximum atomic E-state index is 13.0. The highest BCUT2D eigenvalue weighted by Crippen LogP contribution is 2.27. The Hall–Kier alpha value is -2.25. The summed E-state index contributed by atoms with van der Waals surface area (Å²) in [7, 11) is -3.88. The summed E-state index contributed by atoms with van der Waals surface area (Å²) in [5, 5.41) is 8.88. The molecule has 25 heavy (non-hydrogen) atoms. The minimum absolute atomic E-state index is 0.0343.